The summed E-state index contributed by atoms with van der Waals surface area (Å²) in [6.07, 6.45) is 0. The van der Waals surface area contributed by atoms with Gasteiger partial charge in [-0.1, -0.05) is 0 Å². The van der Waals surface area contributed by atoms with Crippen LogP contribution in [0.4, 0.5) is 0 Å². The van der Waals surface area contributed by atoms with Crippen molar-refractivity contribution < 1.29 is 213 Å². The van der Waals surface area contributed by atoms with Crippen LogP contribution in [0.2, 0.25) is 0 Å². The van der Waals surface area contributed by atoms with E-state index in [0.717, 1.165) is 0 Å². The molecule has 38 heteroatoms. The zero-order valence-electron chi connectivity index (χ0n) is 16.0. The van der Waals surface area contributed by atoms with Gasteiger partial charge in [0.25, 0.3) is 0 Å². The molecular weight excluding hydrogens is 951 g/mol. The summed E-state index contributed by atoms with van der Waals surface area (Å²) in [5.74, 6) is 0. The Morgan fingerprint density at radius 2 is 0.342 bits per heavy atom. The van der Waals surface area contributed by atoms with Gasteiger partial charge in [-0.05, 0) is 0 Å². The first-order valence-electron chi connectivity index (χ1n) is 5.10. The average Bonchev–Trinajstić information content (AvgIpc) is 2.67. The van der Waals surface area contributed by atoms with Crippen LogP contribution >= 0.6 is 0 Å². The smallest absolute Gasteiger partial charge is 0.724 e. The van der Waals surface area contributed by atoms with E-state index >= 15 is 0 Å². The quantitative estimate of drug-likeness (QED) is 0.0624. The van der Waals surface area contributed by atoms with Gasteiger partial charge in [0.15, 0.2) is 0 Å². The van der Waals surface area contributed by atoms with Crippen molar-refractivity contribution in [1.29, 1.82) is 0 Å². The second-order valence-electron chi connectivity index (χ2n) is 2.90. The Balaban J connectivity index is -0.0000000469. The van der Waals surface area contributed by atoms with Crippen molar-refractivity contribution in [2.24, 2.45) is 0 Å². The molecule has 0 aliphatic carbocycles. The summed E-state index contributed by atoms with van der Waals surface area (Å²) in [6.45, 7) is 0. The summed E-state index contributed by atoms with van der Waals surface area (Å²) in [6, 6.07) is 0. The topological polar surface area (TPSA) is 520 Å². The Morgan fingerprint density at radius 1 is 0.316 bits per heavy atom. The van der Waals surface area contributed by atoms with Gasteiger partial charge >= 0.3 is 77.3 Å². The van der Waals surface area contributed by atoms with Gasteiger partial charge in [-0.2, -0.15) is 0 Å². The summed E-state index contributed by atoms with van der Waals surface area (Å²) >= 11 is 0. The molecule has 0 saturated carbocycles. The van der Waals surface area contributed by atoms with Crippen LogP contribution in [0.5, 0.6) is 0 Å². The molecule has 0 amide bonds. The van der Waals surface area contributed by atoms with E-state index in [-0.39, 0.29) is 77.3 Å². The minimum absolute atomic E-state index is 0. The Bertz CT molecular complexity index is 897. The van der Waals surface area contributed by atoms with Gasteiger partial charge in [0.1, 0.15) is 0 Å². The van der Waals surface area contributed by atoms with Gasteiger partial charge in [0.05, 0.1) is 0 Å². The third-order valence-corrected chi connectivity index (χ3v) is 1.64. The zero-order valence-corrected chi connectivity index (χ0v) is 27.7. The van der Waals surface area contributed by atoms with Crippen molar-refractivity contribution in [2.45, 2.75) is 0 Å². The van der Waals surface area contributed by atoms with E-state index in [1.54, 1.807) is 0 Å². The Kier molecular flexibility index (Phi) is 44.5. The van der Waals surface area contributed by atoms with E-state index in [1.807, 2.05) is 0 Å². The van der Waals surface area contributed by atoms with Crippen molar-refractivity contribution in [2.75, 3.05) is 0 Å². The van der Waals surface area contributed by atoms with Gasteiger partial charge in [-0.25, -0.2) is 82.1 Å². The summed E-state index contributed by atoms with van der Waals surface area (Å²) in [4.78, 5) is 0. The largest absolute Gasteiger partial charge is 3.00 e. The molecule has 0 aromatic heterocycles. The molecule has 0 aliphatic rings. The van der Waals surface area contributed by atoms with Crippen molar-refractivity contribution >= 4 is 62.4 Å². The zero-order chi connectivity index (χ0) is 31.2. The van der Waals surface area contributed by atoms with E-state index in [9.17, 15) is 0 Å². The molecule has 6 N–H and O–H groups in total. The summed E-state index contributed by atoms with van der Waals surface area (Å²) in [7, 11) is -29.1. The molecule has 0 heterocycles. The van der Waals surface area contributed by atoms with E-state index in [1.165, 1.54) is 0 Å². The molecule has 0 fully saturated rings. The number of rotatable bonds is 6. The average molecular weight is 957 g/mol. The summed E-state index contributed by atoms with van der Waals surface area (Å²) in [5.41, 5.74) is 0. The molecule has 38 heavy (non-hydrogen) atoms. The standard InChI is InChI=1S/Ce.La.6H2O5S/c;;6*1-5-6(2,3)4/h;;6*1H,(H,2,3,4)/q2*+3;;;;;;/p-6. The van der Waals surface area contributed by atoms with Gasteiger partial charge in [-0.3, -0.25) is 0 Å². The molecule has 0 aliphatic heterocycles. The molecule has 0 rings (SSSR count). The molecule has 0 saturated heterocycles. The Hall–Kier alpha value is 1.55. The minimum Gasteiger partial charge on any atom is -0.724 e. The molecule has 1 radical (unpaired) electrons. The van der Waals surface area contributed by atoms with Gasteiger partial charge < -0.3 is 27.3 Å². The van der Waals surface area contributed by atoms with Crippen molar-refractivity contribution in [1.82, 2.24) is 0 Å². The fourth-order valence-corrected chi connectivity index (χ4v) is 0. The Labute approximate surface area is 271 Å². The third-order valence-electron chi connectivity index (χ3n) is 0.548. The number of hydrogen-bond donors (Lipinski definition) is 6. The van der Waals surface area contributed by atoms with Crippen molar-refractivity contribution in [3.8, 4) is 0 Å². The molecule has 0 unspecified atom stereocenters. The van der Waals surface area contributed by atoms with E-state index < -0.39 is 62.4 Å². The maximum atomic E-state index is 8.97. The molecule has 0 bridgehead atoms. The molecule has 0 aromatic carbocycles. The van der Waals surface area contributed by atoms with Crippen LogP contribution in [0.25, 0.3) is 0 Å². The van der Waals surface area contributed by atoms with Gasteiger partial charge in [0.2, 0.25) is 62.4 Å². The summed E-state index contributed by atoms with van der Waals surface area (Å²) in [5, 5.41) is 42.0. The van der Waals surface area contributed by atoms with Crippen molar-refractivity contribution in [3.63, 3.8) is 0 Å². The number of hydrogen-bond acceptors (Lipinski definition) is 30. The third kappa shape index (κ3) is 131. The van der Waals surface area contributed by atoms with Crippen LogP contribution in [0.15, 0.2) is 0 Å². The summed E-state index contributed by atoms with van der Waals surface area (Å²) < 4.78 is 176. The minimum atomic E-state index is -4.86. The van der Waals surface area contributed by atoms with Crippen LogP contribution < -0.4 is 0 Å². The SMILES string of the molecule is O=S(=O)([O-])OO.O=S(=O)([O-])OO.O=S(=O)([O-])OO.O=S(=O)([O-])OO.O=S(=O)([O-])OO.O=S(=O)([O-])OO.[Ce+3].[La+3]. The van der Waals surface area contributed by atoms with Gasteiger partial charge in [0, 0.05) is 0 Å². The van der Waals surface area contributed by atoms with Crippen LogP contribution in [0, 0.1) is 77.3 Å². The molecule has 0 spiro atoms. The maximum Gasteiger partial charge on any atom is 3.00 e. The van der Waals surface area contributed by atoms with E-state index in [2.05, 4.69) is 26.0 Å². The first-order valence-corrected chi connectivity index (χ1v) is 13.1. The van der Waals surface area contributed by atoms with Gasteiger partial charge in [-0.15, -0.1) is 26.0 Å². The van der Waals surface area contributed by atoms with E-state index in [0.29, 0.717) is 0 Å². The first kappa shape index (κ1) is 59.0. The molecule has 0 aromatic rings. The fourth-order valence-electron chi connectivity index (χ4n) is 0. The Morgan fingerprint density at radius 3 is 0.342 bits per heavy atom. The predicted octanol–water partition coefficient (Wildman–Crippen LogP) is -6.38. The van der Waals surface area contributed by atoms with Crippen LogP contribution in [-0.4, -0.2) is 109 Å². The molecule has 229 valence electrons. The fraction of sp³-hybridized carbons (Fsp3) is 0. The van der Waals surface area contributed by atoms with Crippen LogP contribution in [0.3, 0.4) is 0 Å². The monoisotopic (exact) mass is 957 g/mol. The van der Waals surface area contributed by atoms with E-state index in [4.69, 9.17) is 109 Å². The second kappa shape index (κ2) is 28.7. The van der Waals surface area contributed by atoms with Crippen LogP contribution in [0.1, 0.15) is 0 Å². The first-order chi connectivity index (χ1) is 15.4. The predicted molar refractivity (Wildman–Crippen MR) is 80.5 cm³/mol. The van der Waals surface area contributed by atoms with Crippen LogP contribution in [-0.2, 0) is 88.4 Å². The molecule has 0 atom stereocenters. The normalized spacial score (nSPS) is 11.1. The second-order valence-corrected chi connectivity index (χ2v) is 8.69. The molecular formula is H6CeLaO30S6. The maximum absolute atomic E-state index is 8.97. The molecule has 30 nitrogen and oxygen atoms in total. The van der Waals surface area contributed by atoms with Crippen molar-refractivity contribution in [3.05, 3.63) is 0 Å².